The van der Waals surface area contributed by atoms with Crippen molar-refractivity contribution in [2.45, 2.75) is 26.2 Å². The number of benzene rings is 3. The lowest BCUT2D eigenvalue weighted by Gasteiger charge is -2.25. The molecule has 1 atom stereocenters. The van der Waals surface area contributed by atoms with E-state index >= 15 is 0 Å². The van der Waals surface area contributed by atoms with Crippen LogP contribution in [-0.2, 0) is 4.79 Å². The number of nitrogens with one attached hydrogen (secondary N) is 1. The Balaban J connectivity index is 1.76. The molecule has 0 saturated heterocycles. The molecule has 0 radical (unpaired) electrons. The molecule has 4 nitrogen and oxygen atoms in total. The third kappa shape index (κ3) is 3.20. The van der Waals surface area contributed by atoms with E-state index in [2.05, 4.69) is 67.7 Å². The van der Waals surface area contributed by atoms with Crippen LogP contribution in [0.4, 0.5) is 5.82 Å². The van der Waals surface area contributed by atoms with Crippen LogP contribution in [0.1, 0.15) is 34.6 Å². The van der Waals surface area contributed by atoms with Crippen LogP contribution in [0.5, 0.6) is 0 Å². The smallest absolute Gasteiger partial charge is 0.226 e. The molecule has 1 aliphatic heterocycles. The maximum atomic E-state index is 12.7. The highest BCUT2D eigenvalue weighted by atomic mass is 16.1. The van der Waals surface area contributed by atoms with Crippen LogP contribution in [0.3, 0.4) is 0 Å². The van der Waals surface area contributed by atoms with Crippen LogP contribution in [0, 0.1) is 13.8 Å². The topological polar surface area (TPSA) is 46.9 Å². The first kappa shape index (κ1) is 18.4. The van der Waals surface area contributed by atoms with E-state index < -0.39 is 0 Å². The van der Waals surface area contributed by atoms with E-state index in [9.17, 15) is 4.79 Å². The first-order chi connectivity index (χ1) is 14.6. The van der Waals surface area contributed by atoms with Crippen molar-refractivity contribution in [3.8, 4) is 16.9 Å². The number of rotatable bonds is 3. The number of nitrogens with zero attached hydrogens (tertiary/aromatic N) is 2. The van der Waals surface area contributed by atoms with Crippen LogP contribution in [0.25, 0.3) is 16.9 Å². The van der Waals surface area contributed by atoms with Crippen LogP contribution in [-0.4, -0.2) is 15.7 Å². The van der Waals surface area contributed by atoms with E-state index in [0.717, 1.165) is 33.9 Å². The summed E-state index contributed by atoms with van der Waals surface area (Å²) in [6.07, 6.45) is 0.412. The van der Waals surface area contributed by atoms with Crippen molar-refractivity contribution in [2.75, 3.05) is 5.32 Å². The molecule has 0 saturated carbocycles. The maximum Gasteiger partial charge on any atom is 0.226 e. The van der Waals surface area contributed by atoms with Gasteiger partial charge in [0.25, 0.3) is 0 Å². The number of hydrogen-bond acceptors (Lipinski definition) is 2. The minimum atomic E-state index is -0.0382. The molecule has 0 aliphatic carbocycles. The molecule has 4 aromatic rings. The molecule has 2 heterocycles. The molecule has 0 fully saturated rings. The zero-order chi connectivity index (χ0) is 20.7. The molecule has 148 valence electrons. The van der Waals surface area contributed by atoms with Crippen LogP contribution in [0.2, 0.25) is 0 Å². The van der Waals surface area contributed by atoms with Gasteiger partial charge in [-0.05, 0) is 31.5 Å². The molecule has 1 aliphatic rings. The molecular formula is C26H23N3O. The molecule has 5 rings (SSSR count). The Morgan fingerprint density at radius 3 is 2.17 bits per heavy atom. The van der Waals surface area contributed by atoms with Gasteiger partial charge in [-0.25, -0.2) is 4.68 Å². The zero-order valence-electron chi connectivity index (χ0n) is 17.1. The van der Waals surface area contributed by atoms with Gasteiger partial charge >= 0.3 is 0 Å². The fourth-order valence-electron chi connectivity index (χ4n) is 4.12. The SMILES string of the molecule is Cc1ccc([C@H]2CC(=O)Nc3c2c(-c2ccccc2)nn3-c2ccc(C)cc2)cc1. The van der Waals surface area contributed by atoms with Gasteiger partial charge in [0.05, 0.1) is 11.4 Å². The lowest BCUT2D eigenvalue weighted by atomic mass is 9.84. The quantitative estimate of drug-likeness (QED) is 0.490. The van der Waals surface area contributed by atoms with Crippen LogP contribution < -0.4 is 5.32 Å². The predicted molar refractivity (Wildman–Crippen MR) is 120 cm³/mol. The zero-order valence-corrected chi connectivity index (χ0v) is 17.1. The number of hydrogen-bond donors (Lipinski definition) is 1. The van der Waals surface area contributed by atoms with Crippen molar-refractivity contribution in [1.29, 1.82) is 0 Å². The fraction of sp³-hybridized carbons (Fsp3) is 0.154. The van der Waals surface area contributed by atoms with Crippen LogP contribution in [0.15, 0.2) is 78.9 Å². The first-order valence-electron chi connectivity index (χ1n) is 10.2. The normalized spacial score (nSPS) is 15.5. The van der Waals surface area contributed by atoms with Gasteiger partial charge in [-0.2, -0.15) is 5.10 Å². The summed E-state index contributed by atoms with van der Waals surface area (Å²) < 4.78 is 1.87. The second-order valence-electron chi connectivity index (χ2n) is 7.94. The van der Waals surface area contributed by atoms with Gasteiger partial charge in [0, 0.05) is 23.5 Å². The Morgan fingerprint density at radius 2 is 1.50 bits per heavy atom. The number of fused-ring (bicyclic) bond motifs is 1. The molecule has 1 aromatic heterocycles. The summed E-state index contributed by atoms with van der Waals surface area (Å²) in [4.78, 5) is 12.7. The summed E-state index contributed by atoms with van der Waals surface area (Å²) in [7, 11) is 0. The average Bonchev–Trinajstić information content (AvgIpc) is 3.14. The summed E-state index contributed by atoms with van der Waals surface area (Å²) in [6.45, 7) is 4.14. The highest BCUT2D eigenvalue weighted by Crippen LogP contribution is 2.43. The van der Waals surface area contributed by atoms with Crippen molar-refractivity contribution >= 4 is 11.7 Å². The van der Waals surface area contributed by atoms with Gasteiger partial charge in [0.15, 0.2) is 0 Å². The number of amides is 1. The van der Waals surface area contributed by atoms with Crippen molar-refractivity contribution < 1.29 is 4.79 Å². The van der Waals surface area contributed by atoms with Crippen molar-refractivity contribution in [3.05, 3.63) is 101 Å². The molecule has 30 heavy (non-hydrogen) atoms. The van der Waals surface area contributed by atoms with Gasteiger partial charge in [0.2, 0.25) is 5.91 Å². The molecule has 0 bridgehead atoms. The Hall–Kier alpha value is -3.66. The minimum Gasteiger partial charge on any atom is -0.310 e. The molecule has 1 N–H and O–H groups in total. The van der Waals surface area contributed by atoms with Crippen LogP contribution >= 0.6 is 0 Å². The van der Waals surface area contributed by atoms with E-state index in [-0.39, 0.29) is 11.8 Å². The number of anilines is 1. The molecule has 3 aromatic carbocycles. The minimum absolute atomic E-state index is 0.0148. The third-order valence-corrected chi connectivity index (χ3v) is 5.72. The standard InChI is InChI=1S/C26H23N3O/c1-17-8-12-19(13-9-17)22-16-23(30)27-26-24(22)25(20-6-4-3-5-7-20)28-29(26)21-14-10-18(2)11-15-21/h3-15,22H,16H2,1-2H3,(H,27,30)/t22-/m1/s1. The van der Waals surface area contributed by atoms with E-state index in [1.165, 1.54) is 11.1 Å². The number of carbonyl (C=O) groups is 1. The number of carbonyl (C=O) groups excluding carboxylic acids is 1. The largest absolute Gasteiger partial charge is 0.310 e. The lowest BCUT2D eigenvalue weighted by Crippen LogP contribution is -2.24. The summed E-state index contributed by atoms with van der Waals surface area (Å²) in [5.41, 5.74) is 7.50. The monoisotopic (exact) mass is 393 g/mol. The van der Waals surface area contributed by atoms with Crippen molar-refractivity contribution in [3.63, 3.8) is 0 Å². The van der Waals surface area contributed by atoms with E-state index in [0.29, 0.717) is 6.42 Å². The van der Waals surface area contributed by atoms with Gasteiger partial charge in [-0.1, -0.05) is 77.9 Å². The van der Waals surface area contributed by atoms with E-state index in [1.807, 2.05) is 35.0 Å². The number of aryl methyl sites for hydroxylation is 2. The van der Waals surface area contributed by atoms with E-state index in [1.54, 1.807) is 0 Å². The Labute approximate surface area is 176 Å². The lowest BCUT2D eigenvalue weighted by molar-refractivity contribution is -0.116. The molecule has 0 unspecified atom stereocenters. The fourth-order valence-corrected chi connectivity index (χ4v) is 4.12. The summed E-state index contributed by atoms with van der Waals surface area (Å²) in [6, 6.07) is 26.9. The second kappa shape index (κ2) is 7.30. The van der Waals surface area contributed by atoms with Gasteiger partial charge in [-0.3, -0.25) is 4.79 Å². The Morgan fingerprint density at radius 1 is 0.867 bits per heavy atom. The van der Waals surface area contributed by atoms with Gasteiger partial charge in [0.1, 0.15) is 5.82 Å². The summed E-state index contributed by atoms with van der Waals surface area (Å²) in [5.74, 6) is 0.740. The Kier molecular flexibility index (Phi) is 4.47. The van der Waals surface area contributed by atoms with E-state index in [4.69, 9.17) is 5.10 Å². The Bertz CT molecular complexity index is 1210. The van der Waals surface area contributed by atoms with Crippen molar-refractivity contribution in [2.24, 2.45) is 0 Å². The third-order valence-electron chi connectivity index (χ3n) is 5.72. The summed E-state index contributed by atoms with van der Waals surface area (Å²) >= 11 is 0. The predicted octanol–water partition coefficient (Wildman–Crippen LogP) is 5.63. The molecule has 0 spiro atoms. The maximum absolute atomic E-state index is 12.7. The first-order valence-corrected chi connectivity index (χ1v) is 10.2. The molecule has 4 heteroatoms. The average molecular weight is 393 g/mol. The second-order valence-corrected chi connectivity index (χ2v) is 7.94. The van der Waals surface area contributed by atoms with Crippen molar-refractivity contribution in [1.82, 2.24) is 9.78 Å². The summed E-state index contributed by atoms with van der Waals surface area (Å²) in [5, 5.41) is 8.10. The highest BCUT2D eigenvalue weighted by molar-refractivity contribution is 5.96. The number of aromatic nitrogens is 2. The molecular weight excluding hydrogens is 370 g/mol. The molecule has 1 amide bonds. The van der Waals surface area contributed by atoms with Gasteiger partial charge in [-0.15, -0.1) is 0 Å². The van der Waals surface area contributed by atoms with Gasteiger partial charge < -0.3 is 5.32 Å². The highest BCUT2D eigenvalue weighted by Gasteiger charge is 2.34.